The minimum atomic E-state index is -1.03. The molecule has 0 radical (unpaired) electrons. The van der Waals surface area contributed by atoms with Crippen molar-refractivity contribution in [1.29, 1.82) is 0 Å². The van der Waals surface area contributed by atoms with Gasteiger partial charge in [0.2, 0.25) is 0 Å². The van der Waals surface area contributed by atoms with Crippen LogP contribution in [0.5, 0.6) is 11.5 Å². The fourth-order valence-electron chi connectivity index (χ4n) is 4.53. The molecule has 1 spiro atoms. The van der Waals surface area contributed by atoms with E-state index >= 15 is 0 Å². The normalized spacial score (nSPS) is 18.1. The van der Waals surface area contributed by atoms with Crippen LogP contribution < -0.4 is 10.1 Å². The lowest BCUT2D eigenvalue weighted by atomic mass is 9.77. The second-order valence-electron chi connectivity index (χ2n) is 7.82. The van der Waals surface area contributed by atoms with Gasteiger partial charge in [-0.15, -0.1) is 0 Å². The molecule has 1 atom stereocenters. The summed E-state index contributed by atoms with van der Waals surface area (Å²) < 4.78 is 14.9. The van der Waals surface area contributed by atoms with Crippen molar-refractivity contribution < 1.29 is 14.3 Å². The van der Waals surface area contributed by atoms with Crippen molar-refractivity contribution in [2.24, 2.45) is 0 Å². The Kier molecular flexibility index (Phi) is 5.35. The molecule has 1 N–H and O–H groups in total. The molecule has 1 unspecified atom stereocenters. The maximum atomic E-state index is 13.0. The molecule has 2 aliphatic heterocycles. The maximum absolute atomic E-state index is 13.0. The second kappa shape index (κ2) is 8.19. The molecule has 6 heteroatoms. The van der Waals surface area contributed by atoms with Crippen molar-refractivity contribution >= 4 is 23.6 Å². The molecular formula is C26H26N2O3S. The Balaban J connectivity index is 1.71. The van der Waals surface area contributed by atoms with E-state index in [1.807, 2.05) is 48.5 Å². The lowest BCUT2D eigenvalue weighted by Crippen LogP contribution is -2.33. The van der Waals surface area contributed by atoms with Crippen molar-refractivity contribution in [2.75, 3.05) is 25.0 Å². The quantitative estimate of drug-likeness (QED) is 0.368. The summed E-state index contributed by atoms with van der Waals surface area (Å²) >= 11 is 1.70. The highest BCUT2D eigenvalue weighted by Gasteiger charge is 2.53. The van der Waals surface area contributed by atoms with Gasteiger partial charge in [-0.3, -0.25) is 0 Å². The lowest BCUT2D eigenvalue weighted by Gasteiger charge is -2.37. The molecule has 2 aliphatic rings. The van der Waals surface area contributed by atoms with Crippen molar-refractivity contribution in [3.05, 3.63) is 82.9 Å². The third-order valence-electron chi connectivity index (χ3n) is 6.00. The standard InChI is InChI=1S/C26H26N2O3S/c1-4-27-17-11-14-23-22(15-17)26(20-10-8-7-9-19(20)25(29)31-26)21-13-12-18(16-24(21)30-23)32-28(5-2)6-3/h7-16,27H,4-6H2,1-3H3. The van der Waals surface area contributed by atoms with E-state index in [4.69, 9.17) is 9.47 Å². The first kappa shape index (κ1) is 20.9. The van der Waals surface area contributed by atoms with Gasteiger partial charge in [0.15, 0.2) is 5.60 Å². The van der Waals surface area contributed by atoms with Gasteiger partial charge < -0.3 is 14.8 Å². The number of hydrogen-bond donors (Lipinski definition) is 1. The predicted octanol–water partition coefficient (Wildman–Crippen LogP) is 6.04. The summed E-state index contributed by atoms with van der Waals surface area (Å²) in [7, 11) is 0. The van der Waals surface area contributed by atoms with Gasteiger partial charge in [-0.25, -0.2) is 9.10 Å². The van der Waals surface area contributed by atoms with Gasteiger partial charge in [0.05, 0.1) is 5.56 Å². The van der Waals surface area contributed by atoms with E-state index < -0.39 is 5.60 Å². The number of hydrogen-bond acceptors (Lipinski definition) is 6. The Bertz CT molecular complexity index is 1190. The SMILES string of the molecule is CCNc1ccc2c(c1)C1(OC(=O)c3ccccc31)c1ccc(SN(CC)CC)cc1O2. The first-order chi connectivity index (χ1) is 15.6. The van der Waals surface area contributed by atoms with Crippen molar-refractivity contribution in [1.82, 2.24) is 4.31 Å². The summed E-state index contributed by atoms with van der Waals surface area (Å²) in [6.45, 7) is 9.04. The minimum absolute atomic E-state index is 0.310. The fourth-order valence-corrected chi connectivity index (χ4v) is 5.37. The number of esters is 1. The molecule has 164 valence electrons. The zero-order valence-electron chi connectivity index (χ0n) is 18.5. The van der Waals surface area contributed by atoms with Crippen molar-refractivity contribution in [2.45, 2.75) is 31.3 Å². The van der Waals surface area contributed by atoms with Gasteiger partial charge in [-0.1, -0.05) is 32.0 Å². The molecular weight excluding hydrogens is 420 g/mol. The van der Waals surface area contributed by atoms with E-state index in [2.05, 4.69) is 42.5 Å². The number of carbonyl (C=O) groups excluding carboxylic acids is 1. The molecule has 2 heterocycles. The van der Waals surface area contributed by atoms with Crippen LogP contribution in [0.1, 0.15) is 47.8 Å². The average molecular weight is 447 g/mol. The molecule has 0 bridgehead atoms. The van der Waals surface area contributed by atoms with Crippen LogP contribution in [-0.2, 0) is 10.3 Å². The summed E-state index contributed by atoms with van der Waals surface area (Å²) in [4.78, 5) is 14.1. The third-order valence-corrected chi connectivity index (χ3v) is 7.24. The van der Waals surface area contributed by atoms with E-state index in [0.29, 0.717) is 11.3 Å². The first-order valence-corrected chi connectivity index (χ1v) is 11.8. The zero-order chi connectivity index (χ0) is 22.3. The lowest BCUT2D eigenvalue weighted by molar-refractivity contribution is 0.0224. The van der Waals surface area contributed by atoms with Gasteiger partial charge in [0.1, 0.15) is 11.5 Å². The molecule has 0 fully saturated rings. The van der Waals surface area contributed by atoms with Crippen LogP contribution >= 0.6 is 11.9 Å². The summed E-state index contributed by atoms with van der Waals surface area (Å²) in [5.74, 6) is 1.11. The van der Waals surface area contributed by atoms with Crippen molar-refractivity contribution in [3.8, 4) is 11.5 Å². The molecule has 0 aliphatic carbocycles. The van der Waals surface area contributed by atoms with Gasteiger partial charge >= 0.3 is 5.97 Å². The second-order valence-corrected chi connectivity index (χ2v) is 8.99. The van der Waals surface area contributed by atoms with E-state index in [1.165, 1.54) is 0 Å². The van der Waals surface area contributed by atoms with Gasteiger partial charge in [-0.2, -0.15) is 0 Å². The highest BCUT2D eigenvalue weighted by molar-refractivity contribution is 7.97. The summed E-state index contributed by atoms with van der Waals surface area (Å²) in [5, 5.41) is 3.36. The Morgan fingerprint density at radius 2 is 1.72 bits per heavy atom. The number of carbonyl (C=O) groups is 1. The molecule has 3 aromatic rings. The monoisotopic (exact) mass is 446 g/mol. The number of nitrogens with one attached hydrogen (secondary N) is 1. The Hall–Kier alpha value is -2.96. The number of rotatable bonds is 6. The van der Waals surface area contributed by atoms with Crippen LogP contribution in [-0.4, -0.2) is 29.9 Å². The van der Waals surface area contributed by atoms with E-state index in [-0.39, 0.29) is 5.97 Å². The molecule has 32 heavy (non-hydrogen) atoms. The molecule has 5 rings (SSSR count). The molecule has 0 saturated carbocycles. The zero-order valence-corrected chi connectivity index (χ0v) is 19.3. The minimum Gasteiger partial charge on any atom is -0.456 e. The Morgan fingerprint density at radius 1 is 0.906 bits per heavy atom. The Labute approximate surface area is 192 Å². The third kappa shape index (κ3) is 3.17. The highest BCUT2D eigenvalue weighted by atomic mass is 32.2. The predicted molar refractivity (Wildman–Crippen MR) is 128 cm³/mol. The average Bonchev–Trinajstić information content (AvgIpc) is 3.11. The molecule has 0 aromatic heterocycles. The fraction of sp³-hybridized carbons (Fsp3) is 0.269. The van der Waals surface area contributed by atoms with Crippen LogP contribution in [0.2, 0.25) is 0 Å². The van der Waals surface area contributed by atoms with Crippen LogP contribution in [0.4, 0.5) is 5.69 Å². The number of nitrogens with zero attached hydrogens (tertiary/aromatic N) is 1. The van der Waals surface area contributed by atoms with E-state index in [1.54, 1.807) is 11.9 Å². The number of benzene rings is 3. The van der Waals surface area contributed by atoms with Crippen LogP contribution in [0, 0.1) is 0 Å². The first-order valence-electron chi connectivity index (χ1n) is 11.1. The summed E-state index contributed by atoms with van der Waals surface area (Å²) in [6.07, 6.45) is 0. The van der Waals surface area contributed by atoms with Crippen LogP contribution in [0.3, 0.4) is 0 Å². The van der Waals surface area contributed by atoms with E-state index in [9.17, 15) is 4.79 Å². The van der Waals surface area contributed by atoms with Gasteiger partial charge in [-0.05, 0) is 61.3 Å². The van der Waals surface area contributed by atoms with Crippen LogP contribution in [0.25, 0.3) is 0 Å². The maximum Gasteiger partial charge on any atom is 0.340 e. The molecule has 0 saturated heterocycles. The number of fused-ring (bicyclic) bond motifs is 6. The van der Waals surface area contributed by atoms with Crippen molar-refractivity contribution in [3.63, 3.8) is 0 Å². The number of anilines is 1. The summed E-state index contributed by atoms with van der Waals surface area (Å²) in [5.41, 5.74) is 3.08. The molecule has 5 nitrogen and oxygen atoms in total. The smallest absolute Gasteiger partial charge is 0.340 e. The largest absolute Gasteiger partial charge is 0.456 e. The highest BCUT2D eigenvalue weighted by Crippen LogP contribution is 2.56. The Morgan fingerprint density at radius 3 is 2.50 bits per heavy atom. The molecule has 0 amide bonds. The van der Waals surface area contributed by atoms with Crippen LogP contribution in [0.15, 0.2) is 65.6 Å². The van der Waals surface area contributed by atoms with Gasteiger partial charge in [0.25, 0.3) is 0 Å². The van der Waals surface area contributed by atoms with Gasteiger partial charge in [0, 0.05) is 46.9 Å². The molecule has 3 aromatic carbocycles. The topological polar surface area (TPSA) is 50.8 Å². The number of ether oxygens (including phenoxy) is 2. The summed E-state index contributed by atoms with van der Waals surface area (Å²) in [6, 6.07) is 19.8. The van der Waals surface area contributed by atoms with E-state index in [0.717, 1.165) is 52.7 Å².